The van der Waals surface area contributed by atoms with Crippen molar-refractivity contribution in [3.8, 4) is 5.75 Å². The van der Waals surface area contributed by atoms with Crippen molar-refractivity contribution in [1.82, 2.24) is 4.72 Å². The molecule has 0 radical (unpaired) electrons. The first-order valence-electron chi connectivity index (χ1n) is 3.43. The molecule has 7 heteroatoms. The zero-order valence-corrected chi connectivity index (χ0v) is 8.34. The van der Waals surface area contributed by atoms with E-state index in [9.17, 15) is 9.00 Å². The molecule has 0 saturated heterocycles. The van der Waals surface area contributed by atoms with Crippen LogP contribution in [0.1, 0.15) is 0 Å². The fourth-order valence-corrected chi connectivity index (χ4v) is 1.08. The number of hydrogen-bond donors (Lipinski definition) is 2. The lowest BCUT2D eigenvalue weighted by molar-refractivity contribution is 0.206. The minimum absolute atomic E-state index is 0.122. The Bertz CT molecular complexity index is 370. The third-order valence-corrected chi connectivity index (χ3v) is 1.86. The second-order valence-corrected chi connectivity index (χ2v) is 3.28. The lowest BCUT2D eigenvalue weighted by Crippen LogP contribution is -2.28. The maximum atomic E-state index is 10.8. The normalized spacial score (nSPS) is 11.9. The molecule has 1 unspecified atom stereocenters. The third-order valence-electron chi connectivity index (χ3n) is 1.21. The molecule has 1 atom stereocenters. The number of benzene rings is 1. The van der Waals surface area contributed by atoms with E-state index in [4.69, 9.17) is 16.2 Å². The van der Waals surface area contributed by atoms with Gasteiger partial charge in [-0.3, -0.25) is 4.55 Å². The van der Waals surface area contributed by atoms with E-state index in [-0.39, 0.29) is 10.8 Å². The van der Waals surface area contributed by atoms with Crippen molar-refractivity contribution in [3.05, 3.63) is 29.3 Å². The smallest absolute Gasteiger partial charge is 0.408 e. The van der Waals surface area contributed by atoms with Gasteiger partial charge in [-0.1, -0.05) is 23.7 Å². The number of halogens is 1. The Balaban J connectivity index is 2.65. The number of ether oxygens (including phenoxy) is 1. The van der Waals surface area contributed by atoms with Gasteiger partial charge in [-0.2, -0.15) is 0 Å². The maximum Gasteiger partial charge on any atom is 0.426 e. The maximum absolute atomic E-state index is 10.8. The lowest BCUT2D eigenvalue weighted by Gasteiger charge is -2.04. The number of carbonyl (C=O) groups is 1. The molecule has 0 aliphatic heterocycles. The molecule has 2 N–H and O–H groups in total. The average molecular weight is 236 g/mol. The molecular weight excluding hydrogens is 230 g/mol. The molecule has 1 aromatic rings. The molecule has 1 rings (SSSR count). The van der Waals surface area contributed by atoms with Gasteiger partial charge in [-0.15, -0.1) is 0 Å². The van der Waals surface area contributed by atoms with Gasteiger partial charge >= 0.3 is 6.09 Å². The zero-order valence-electron chi connectivity index (χ0n) is 6.77. The molecule has 0 saturated carbocycles. The highest BCUT2D eigenvalue weighted by molar-refractivity contribution is 7.77. The topological polar surface area (TPSA) is 75.6 Å². The molecule has 14 heavy (non-hydrogen) atoms. The van der Waals surface area contributed by atoms with Crippen LogP contribution in [0.5, 0.6) is 5.75 Å². The number of nitrogens with one attached hydrogen (secondary N) is 1. The van der Waals surface area contributed by atoms with Gasteiger partial charge < -0.3 is 4.74 Å². The predicted octanol–water partition coefficient (Wildman–Crippen LogP) is 1.57. The standard InChI is InChI=1S/C7H6ClNO4S/c8-5-3-1-2-4-6(5)13-7(10)9-14(11)12/h1-4H,(H,9,10)(H,11,12). The van der Waals surface area contributed by atoms with E-state index in [2.05, 4.69) is 4.74 Å². The van der Waals surface area contributed by atoms with Gasteiger partial charge in [0.05, 0.1) is 5.02 Å². The van der Waals surface area contributed by atoms with Crippen molar-refractivity contribution in [3.63, 3.8) is 0 Å². The fourth-order valence-electron chi connectivity index (χ4n) is 0.719. The monoisotopic (exact) mass is 235 g/mol. The summed E-state index contributed by atoms with van der Waals surface area (Å²) < 4.78 is 24.7. The van der Waals surface area contributed by atoms with Crippen molar-refractivity contribution in [2.75, 3.05) is 0 Å². The van der Waals surface area contributed by atoms with Gasteiger partial charge in [0, 0.05) is 0 Å². The SMILES string of the molecule is O=C(NS(=O)O)Oc1ccccc1Cl. The number of hydrogen-bond acceptors (Lipinski definition) is 3. The molecule has 0 aliphatic rings. The quantitative estimate of drug-likeness (QED) is 0.763. The van der Waals surface area contributed by atoms with Crippen LogP contribution in [0.25, 0.3) is 0 Å². The van der Waals surface area contributed by atoms with E-state index in [1.807, 2.05) is 0 Å². The second kappa shape index (κ2) is 4.94. The molecule has 0 aliphatic carbocycles. The van der Waals surface area contributed by atoms with E-state index >= 15 is 0 Å². The van der Waals surface area contributed by atoms with Crippen LogP contribution in [0.15, 0.2) is 24.3 Å². The average Bonchev–Trinajstić information content (AvgIpc) is 2.07. The molecule has 0 bridgehead atoms. The van der Waals surface area contributed by atoms with Crippen molar-refractivity contribution >= 4 is 29.0 Å². The Morgan fingerprint density at radius 3 is 2.71 bits per heavy atom. The minimum atomic E-state index is -2.44. The second-order valence-electron chi connectivity index (χ2n) is 2.17. The van der Waals surface area contributed by atoms with E-state index in [0.29, 0.717) is 0 Å². The summed E-state index contributed by atoms with van der Waals surface area (Å²) in [4.78, 5) is 10.8. The number of carbonyl (C=O) groups excluding carboxylic acids is 1. The van der Waals surface area contributed by atoms with Crippen LogP contribution in [-0.4, -0.2) is 14.9 Å². The first-order valence-corrected chi connectivity index (χ1v) is 4.92. The van der Waals surface area contributed by atoms with Crippen LogP contribution in [0.3, 0.4) is 0 Å². The Morgan fingerprint density at radius 2 is 2.14 bits per heavy atom. The predicted molar refractivity (Wildman–Crippen MR) is 51.4 cm³/mol. The Kier molecular flexibility index (Phi) is 3.87. The van der Waals surface area contributed by atoms with Gasteiger partial charge in [0.1, 0.15) is 0 Å². The summed E-state index contributed by atoms with van der Waals surface area (Å²) in [6, 6.07) is 6.27. The van der Waals surface area contributed by atoms with Gasteiger partial charge in [-0.25, -0.2) is 13.7 Å². The highest BCUT2D eigenvalue weighted by Crippen LogP contribution is 2.22. The number of amides is 1. The molecule has 1 amide bonds. The van der Waals surface area contributed by atoms with Crippen LogP contribution in [0.4, 0.5) is 4.79 Å². The summed E-state index contributed by atoms with van der Waals surface area (Å²) in [5, 5.41) is 0.242. The molecule has 0 fully saturated rings. The summed E-state index contributed by atoms with van der Waals surface area (Å²) in [6.07, 6.45) is -1.04. The molecule has 0 aromatic heterocycles. The first kappa shape index (κ1) is 11.0. The zero-order chi connectivity index (χ0) is 10.6. The Morgan fingerprint density at radius 1 is 1.50 bits per heavy atom. The Hall–Kier alpha value is -1.11. The highest BCUT2D eigenvalue weighted by Gasteiger charge is 2.08. The summed E-state index contributed by atoms with van der Waals surface area (Å²) in [5.41, 5.74) is 0. The van der Waals surface area contributed by atoms with Gasteiger partial charge in [0.2, 0.25) is 0 Å². The van der Waals surface area contributed by atoms with Crippen molar-refractivity contribution < 1.29 is 18.3 Å². The van der Waals surface area contributed by atoms with E-state index in [0.717, 1.165) is 0 Å². The summed E-state index contributed by atoms with van der Waals surface area (Å²) in [6.45, 7) is 0. The van der Waals surface area contributed by atoms with Gasteiger partial charge in [-0.05, 0) is 12.1 Å². The minimum Gasteiger partial charge on any atom is -0.408 e. The number of para-hydroxylation sites is 1. The summed E-state index contributed by atoms with van der Waals surface area (Å²) in [7, 11) is 0. The third kappa shape index (κ3) is 3.33. The van der Waals surface area contributed by atoms with Crippen LogP contribution >= 0.6 is 11.6 Å². The number of rotatable bonds is 2. The first-order chi connectivity index (χ1) is 6.59. The van der Waals surface area contributed by atoms with E-state index in [1.165, 1.54) is 12.1 Å². The largest absolute Gasteiger partial charge is 0.426 e. The van der Waals surface area contributed by atoms with Gasteiger partial charge in [0.25, 0.3) is 11.3 Å². The van der Waals surface area contributed by atoms with Crippen molar-refractivity contribution in [2.45, 2.75) is 0 Å². The van der Waals surface area contributed by atoms with E-state index < -0.39 is 17.4 Å². The molecular formula is C7H6ClNO4S. The molecule has 5 nitrogen and oxygen atoms in total. The highest BCUT2D eigenvalue weighted by atomic mass is 35.5. The lowest BCUT2D eigenvalue weighted by atomic mass is 10.3. The van der Waals surface area contributed by atoms with Gasteiger partial charge in [0.15, 0.2) is 5.75 Å². The van der Waals surface area contributed by atoms with Crippen LogP contribution in [-0.2, 0) is 11.3 Å². The summed E-state index contributed by atoms with van der Waals surface area (Å²) >= 11 is 3.22. The molecule has 0 heterocycles. The molecule has 0 spiro atoms. The van der Waals surface area contributed by atoms with Crippen LogP contribution in [0, 0.1) is 0 Å². The van der Waals surface area contributed by atoms with E-state index in [1.54, 1.807) is 16.9 Å². The van der Waals surface area contributed by atoms with Crippen molar-refractivity contribution in [2.24, 2.45) is 0 Å². The van der Waals surface area contributed by atoms with Crippen LogP contribution in [0.2, 0.25) is 5.02 Å². The van der Waals surface area contributed by atoms with Crippen LogP contribution < -0.4 is 9.46 Å². The summed E-state index contributed by atoms with van der Waals surface area (Å²) in [5.74, 6) is 0.122. The molecule has 1 aromatic carbocycles. The van der Waals surface area contributed by atoms with Crippen molar-refractivity contribution in [1.29, 1.82) is 0 Å². The Labute approximate surface area is 87.4 Å². The molecule has 76 valence electrons. The fraction of sp³-hybridized carbons (Fsp3) is 0.